The predicted molar refractivity (Wildman–Crippen MR) is 115 cm³/mol. The molecule has 0 bridgehead atoms. The number of benzene rings is 2. The quantitative estimate of drug-likeness (QED) is 0.675. The summed E-state index contributed by atoms with van der Waals surface area (Å²) in [5.41, 5.74) is 1.42. The summed E-state index contributed by atoms with van der Waals surface area (Å²) in [6, 6.07) is 14.8. The van der Waals surface area contributed by atoms with Crippen molar-refractivity contribution in [3.8, 4) is 0 Å². The Morgan fingerprint density at radius 1 is 0.968 bits per heavy atom. The molecule has 9 heteroatoms. The molecule has 8 nitrogen and oxygen atoms in total. The van der Waals surface area contributed by atoms with Crippen LogP contribution in [0.25, 0.3) is 0 Å². The van der Waals surface area contributed by atoms with E-state index < -0.39 is 33.4 Å². The summed E-state index contributed by atoms with van der Waals surface area (Å²) in [5.74, 6) is -3.02. The van der Waals surface area contributed by atoms with Crippen molar-refractivity contribution < 1.29 is 27.9 Å². The number of carboxylic acid groups (broad SMARTS) is 1. The van der Waals surface area contributed by atoms with Gasteiger partial charge in [-0.25, -0.2) is 8.42 Å². The zero-order chi connectivity index (χ0) is 22.4. The van der Waals surface area contributed by atoms with Crippen molar-refractivity contribution in [2.75, 3.05) is 24.2 Å². The van der Waals surface area contributed by atoms with E-state index in [1.807, 2.05) is 0 Å². The van der Waals surface area contributed by atoms with E-state index in [9.17, 15) is 22.8 Å². The zero-order valence-corrected chi connectivity index (χ0v) is 17.7. The number of carbonyl (C=O) groups excluding carboxylic acids is 2. The van der Waals surface area contributed by atoms with E-state index in [0.29, 0.717) is 42.7 Å². The monoisotopic (exact) mass is 444 g/mol. The van der Waals surface area contributed by atoms with Crippen LogP contribution in [0.3, 0.4) is 0 Å². The summed E-state index contributed by atoms with van der Waals surface area (Å²) in [6.45, 7) is 0.755. The number of amides is 2. The Bertz CT molecular complexity index is 1040. The predicted octanol–water partition coefficient (Wildman–Crippen LogP) is 2.18. The summed E-state index contributed by atoms with van der Waals surface area (Å²) in [7, 11) is -3.68. The Morgan fingerprint density at radius 3 is 2.16 bits per heavy atom. The second-order valence-electron chi connectivity index (χ2n) is 7.55. The summed E-state index contributed by atoms with van der Waals surface area (Å²) >= 11 is 0. The van der Waals surface area contributed by atoms with Crippen molar-refractivity contribution in [2.45, 2.75) is 18.6 Å². The maximum atomic E-state index is 12.6. The summed E-state index contributed by atoms with van der Waals surface area (Å²) < 4.78 is 24.7. The Hall–Kier alpha value is -3.20. The normalized spacial score (nSPS) is 14.8. The van der Waals surface area contributed by atoms with E-state index in [-0.39, 0.29) is 11.7 Å². The van der Waals surface area contributed by atoms with Crippen LogP contribution in [0.5, 0.6) is 0 Å². The van der Waals surface area contributed by atoms with Gasteiger partial charge in [0.15, 0.2) is 9.84 Å². The smallest absolute Gasteiger partial charge is 0.306 e. The first-order valence-corrected chi connectivity index (χ1v) is 11.7. The Kier molecular flexibility index (Phi) is 7.06. The summed E-state index contributed by atoms with van der Waals surface area (Å²) in [4.78, 5) is 37.3. The number of hydrogen-bond donors (Lipinski definition) is 2. The first-order chi connectivity index (χ1) is 14.7. The van der Waals surface area contributed by atoms with Crippen LogP contribution in [-0.4, -0.2) is 55.1 Å². The number of carboxylic acids is 1. The minimum atomic E-state index is -3.68. The average Bonchev–Trinajstić information content (AvgIpc) is 2.73. The summed E-state index contributed by atoms with van der Waals surface area (Å²) in [6.07, 6.45) is 0.838. The lowest BCUT2D eigenvalue weighted by atomic mass is 9.96. The number of nitrogens with zero attached hydrogens (tertiary/aromatic N) is 1. The number of hydrogen-bond acceptors (Lipinski definition) is 5. The molecule has 164 valence electrons. The Labute approximate surface area is 180 Å². The molecular weight excluding hydrogens is 420 g/mol. The number of rotatable bonds is 7. The first-order valence-electron chi connectivity index (χ1n) is 9.90. The highest BCUT2D eigenvalue weighted by molar-refractivity contribution is 7.91. The van der Waals surface area contributed by atoms with E-state index in [2.05, 4.69) is 5.32 Å². The van der Waals surface area contributed by atoms with Gasteiger partial charge < -0.3 is 15.3 Å². The highest BCUT2D eigenvalue weighted by Crippen LogP contribution is 2.20. The van der Waals surface area contributed by atoms with E-state index >= 15 is 0 Å². The number of piperidine rings is 1. The van der Waals surface area contributed by atoms with Gasteiger partial charge in [-0.3, -0.25) is 14.4 Å². The van der Waals surface area contributed by atoms with Crippen molar-refractivity contribution in [1.29, 1.82) is 0 Å². The molecule has 0 spiro atoms. The van der Waals surface area contributed by atoms with Gasteiger partial charge in [-0.15, -0.1) is 0 Å². The van der Waals surface area contributed by atoms with Gasteiger partial charge >= 0.3 is 5.97 Å². The van der Waals surface area contributed by atoms with Gasteiger partial charge in [0.2, 0.25) is 5.91 Å². The van der Waals surface area contributed by atoms with Gasteiger partial charge in [0.25, 0.3) is 5.91 Å². The van der Waals surface area contributed by atoms with Crippen LogP contribution in [0, 0.1) is 5.92 Å². The third-order valence-electron chi connectivity index (χ3n) is 5.13. The Morgan fingerprint density at radius 2 is 1.58 bits per heavy atom. The van der Waals surface area contributed by atoms with E-state index in [0.717, 1.165) is 0 Å². The minimum absolute atomic E-state index is 0.208. The molecule has 2 aromatic rings. The van der Waals surface area contributed by atoms with Crippen LogP contribution in [0.1, 0.15) is 28.8 Å². The molecule has 2 aromatic carbocycles. The van der Waals surface area contributed by atoms with Crippen LogP contribution in [0.4, 0.5) is 5.69 Å². The third kappa shape index (κ3) is 6.39. The van der Waals surface area contributed by atoms with E-state index in [1.165, 1.54) is 0 Å². The third-order valence-corrected chi connectivity index (χ3v) is 6.60. The number of nitrogens with one attached hydrogen (secondary N) is 1. The fourth-order valence-electron chi connectivity index (χ4n) is 3.48. The molecule has 31 heavy (non-hydrogen) atoms. The first kappa shape index (κ1) is 22.5. The van der Waals surface area contributed by atoms with E-state index in [1.54, 1.807) is 59.5 Å². The highest BCUT2D eigenvalue weighted by Gasteiger charge is 2.27. The zero-order valence-electron chi connectivity index (χ0n) is 16.9. The van der Waals surface area contributed by atoms with E-state index in [4.69, 9.17) is 5.11 Å². The molecule has 0 saturated carbocycles. The lowest BCUT2D eigenvalue weighted by Gasteiger charge is -2.30. The standard InChI is InChI=1S/C22H24N2O6S/c25-20(23-19-4-2-1-3-5-19)15-31(29,30)14-16-6-8-17(9-7-16)21(26)24-12-10-18(11-13-24)22(27)28/h1-9,18H,10-15H2,(H,23,25)(H,27,28). The van der Waals surface area contributed by atoms with Crippen LogP contribution >= 0.6 is 0 Å². The van der Waals surface area contributed by atoms with Crippen molar-refractivity contribution in [3.05, 3.63) is 65.7 Å². The number of para-hydroxylation sites is 1. The van der Waals surface area contributed by atoms with Crippen molar-refractivity contribution in [3.63, 3.8) is 0 Å². The molecular formula is C22H24N2O6S. The molecule has 0 aromatic heterocycles. The molecule has 1 fully saturated rings. The van der Waals surface area contributed by atoms with Gasteiger partial charge in [0, 0.05) is 24.3 Å². The lowest BCUT2D eigenvalue weighted by molar-refractivity contribution is -0.143. The fraction of sp³-hybridized carbons (Fsp3) is 0.318. The minimum Gasteiger partial charge on any atom is -0.481 e. The second kappa shape index (κ2) is 9.74. The number of anilines is 1. The molecule has 1 heterocycles. The molecule has 1 saturated heterocycles. The van der Waals surface area contributed by atoms with Crippen LogP contribution < -0.4 is 5.32 Å². The largest absolute Gasteiger partial charge is 0.481 e. The molecule has 2 N–H and O–H groups in total. The molecule has 3 rings (SSSR count). The highest BCUT2D eigenvalue weighted by atomic mass is 32.2. The van der Waals surface area contributed by atoms with Gasteiger partial charge in [-0.05, 0) is 42.7 Å². The molecule has 0 atom stereocenters. The SMILES string of the molecule is O=C(CS(=O)(=O)Cc1ccc(C(=O)N2CCC(C(=O)O)CC2)cc1)Nc1ccccc1. The van der Waals surface area contributed by atoms with Crippen molar-refractivity contribution in [1.82, 2.24) is 4.90 Å². The second-order valence-corrected chi connectivity index (χ2v) is 9.61. The Balaban J connectivity index is 1.55. The van der Waals surface area contributed by atoms with Crippen LogP contribution in [0.2, 0.25) is 0 Å². The van der Waals surface area contributed by atoms with Gasteiger partial charge in [0.1, 0.15) is 5.75 Å². The maximum absolute atomic E-state index is 12.6. The number of likely N-dealkylation sites (tertiary alicyclic amines) is 1. The van der Waals surface area contributed by atoms with Gasteiger partial charge in [0.05, 0.1) is 11.7 Å². The average molecular weight is 445 g/mol. The van der Waals surface area contributed by atoms with Crippen molar-refractivity contribution >= 4 is 33.3 Å². The molecule has 1 aliphatic rings. The number of carbonyl (C=O) groups is 3. The van der Waals surface area contributed by atoms with Crippen LogP contribution in [-0.2, 0) is 25.2 Å². The van der Waals surface area contributed by atoms with Gasteiger partial charge in [-0.1, -0.05) is 30.3 Å². The number of sulfone groups is 1. The van der Waals surface area contributed by atoms with Gasteiger partial charge in [-0.2, -0.15) is 0 Å². The molecule has 0 radical (unpaired) electrons. The van der Waals surface area contributed by atoms with Crippen molar-refractivity contribution in [2.24, 2.45) is 5.92 Å². The lowest BCUT2D eigenvalue weighted by Crippen LogP contribution is -2.40. The summed E-state index contributed by atoms with van der Waals surface area (Å²) in [5, 5.41) is 11.6. The molecule has 1 aliphatic heterocycles. The molecule has 2 amide bonds. The molecule has 0 aliphatic carbocycles. The maximum Gasteiger partial charge on any atom is 0.306 e. The van der Waals surface area contributed by atoms with Crippen LogP contribution in [0.15, 0.2) is 54.6 Å². The molecule has 0 unspecified atom stereocenters. The fourth-order valence-corrected chi connectivity index (χ4v) is 4.75. The topological polar surface area (TPSA) is 121 Å². The number of aliphatic carboxylic acids is 1.